The summed E-state index contributed by atoms with van der Waals surface area (Å²) >= 11 is 0. The van der Waals surface area contributed by atoms with Crippen LogP contribution in [0.3, 0.4) is 0 Å². The van der Waals surface area contributed by atoms with Crippen LogP contribution in [0.1, 0.15) is 40.5 Å². The van der Waals surface area contributed by atoms with Gasteiger partial charge < -0.3 is 10.3 Å². The van der Waals surface area contributed by atoms with E-state index in [4.69, 9.17) is 10.1 Å². The van der Waals surface area contributed by atoms with Crippen molar-refractivity contribution >= 4 is 22.6 Å². The van der Waals surface area contributed by atoms with E-state index in [1.165, 1.54) is 0 Å². The number of hydrogen-bond acceptors (Lipinski definition) is 4. The molecule has 0 saturated heterocycles. The molecule has 4 heterocycles. The Morgan fingerprint density at radius 3 is 2.79 bits per heavy atom. The molecule has 0 aliphatic carbocycles. The molecule has 1 unspecified atom stereocenters. The molecule has 0 radical (unpaired) electrons. The monoisotopic (exact) mass is 372 g/mol. The molecule has 1 amide bonds. The van der Waals surface area contributed by atoms with Crippen LogP contribution in [0.4, 0.5) is 5.82 Å². The van der Waals surface area contributed by atoms with Crippen LogP contribution in [-0.4, -0.2) is 30.6 Å². The van der Waals surface area contributed by atoms with Crippen molar-refractivity contribution in [3.8, 4) is 5.82 Å². The number of rotatable bonds is 2. The molecule has 7 heteroatoms. The third-order valence-corrected chi connectivity index (χ3v) is 5.43. The van der Waals surface area contributed by atoms with E-state index in [-0.39, 0.29) is 11.8 Å². The predicted molar refractivity (Wildman–Crippen MR) is 107 cm³/mol. The summed E-state index contributed by atoms with van der Waals surface area (Å²) in [6, 6.07) is 10.0. The first-order chi connectivity index (χ1) is 13.5. The van der Waals surface area contributed by atoms with Crippen molar-refractivity contribution in [2.75, 3.05) is 5.32 Å². The highest BCUT2D eigenvalue weighted by molar-refractivity contribution is 5.95. The number of aromatic nitrogens is 5. The molecule has 1 atom stereocenters. The summed E-state index contributed by atoms with van der Waals surface area (Å²) in [4.78, 5) is 24.9. The topological polar surface area (TPSA) is 88.5 Å². The highest BCUT2D eigenvalue weighted by Crippen LogP contribution is 2.40. The summed E-state index contributed by atoms with van der Waals surface area (Å²) in [5.74, 6) is 1.22. The predicted octanol–water partition coefficient (Wildman–Crippen LogP) is 3.54. The third-order valence-electron chi connectivity index (χ3n) is 5.43. The summed E-state index contributed by atoms with van der Waals surface area (Å²) in [5.41, 5.74) is 5.75. The molecule has 0 saturated carbocycles. The van der Waals surface area contributed by atoms with Gasteiger partial charge in [-0.1, -0.05) is 18.2 Å². The number of fused-ring (bicyclic) bond motifs is 2. The van der Waals surface area contributed by atoms with Gasteiger partial charge in [-0.15, -0.1) is 0 Å². The zero-order valence-corrected chi connectivity index (χ0v) is 15.9. The van der Waals surface area contributed by atoms with Crippen molar-refractivity contribution in [1.29, 1.82) is 0 Å². The summed E-state index contributed by atoms with van der Waals surface area (Å²) in [6.07, 6.45) is 2.03. The van der Waals surface area contributed by atoms with Crippen LogP contribution in [-0.2, 0) is 4.79 Å². The van der Waals surface area contributed by atoms with Gasteiger partial charge in [0.25, 0.3) is 0 Å². The minimum Gasteiger partial charge on any atom is -0.348 e. The lowest BCUT2D eigenvalue weighted by Gasteiger charge is -2.23. The van der Waals surface area contributed by atoms with Crippen LogP contribution < -0.4 is 5.32 Å². The fourth-order valence-corrected chi connectivity index (χ4v) is 4.11. The lowest BCUT2D eigenvalue weighted by atomic mass is 9.88. The molecule has 7 nitrogen and oxygen atoms in total. The summed E-state index contributed by atoms with van der Waals surface area (Å²) < 4.78 is 1.75. The van der Waals surface area contributed by atoms with Gasteiger partial charge in [-0.25, -0.2) is 9.97 Å². The second kappa shape index (κ2) is 6.02. The molecule has 140 valence electrons. The maximum absolute atomic E-state index is 12.5. The van der Waals surface area contributed by atoms with E-state index < -0.39 is 0 Å². The van der Waals surface area contributed by atoms with Crippen LogP contribution >= 0.6 is 0 Å². The average molecular weight is 372 g/mol. The van der Waals surface area contributed by atoms with Crippen molar-refractivity contribution in [2.24, 2.45) is 0 Å². The highest BCUT2D eigenvalue weighted by atomic mass is 16.1. The van der Waals surface area contributed by atoms with Crippen LogP contribution in [0, 0.1) is 20.8 Å². The Kier molecular flexibility index (Phi) is 3.58. The molecule has 3 aromatic heterocycles. The number of aryl methyl sites for hydroxylation is 3. The fourth-order valence-electron chi connectivity index (χ4n) is 4.11. The van der Waals surface area contributed by atoms with Gasteiger partial charge in [0.15, 0.2) is 5.82 Å². The molecule has 2 N–H and O–H groups in total. The SMILES string of the molecule is Cc1nn(-c2cc(C)c3ccccc3n2)c2c1C(c1nc[nH]c1C)CC(=O)N2. The van der Waals surface area contributed by atoms with Crippen molar-refractivity contribution in [1.82, 2.24) is 24.7 Å². The van der Waals surface area contributed by atoms with Gasteiger partial charge in [0.05, 0.1) is 23.2 Å². The molecule has 4 aromatic rings. The third kappa shape index (κ3) is 2.43. The number of anilines is 1. The zero-order chi connectivity index (χ0) is 19.4. The number of aromatic amines is 1. The second-order valence-electron chi connectivity index (χ2n) is 7.29. The lowest BCUT2D eigenvalue weighted by Crippen LogP contribution is -2.25. The van der Waals surface area contributed by atoms with E-state index >= 15 is 0 Å². The van der Waals surface area contributed by atoms with Gasteiger partial charge in [-0.05, 0) is 38.5 Å². The van der Waals surface area contributed by atoms with Gasteiger partial charge in [0.2, 0.25) is 5.91 Å². The number of amides is 1. The second-order valence-corrected chi connectivity index (χ2v) is 7.29. The number of imidazole rings is 1. The van der Waals surface area contributed by atoms with Crippen LogP contribution in [0.5, 0.6) is 0 Å². The first-order valence-electron chi connectivity index (χ1n) is 9.29. The molecule has 0 fully saturated rings. The van der Waals surface area contributed by atoms with Gasteiger partial charge in [-0.3, -0.25) is 4.79 Å². The zero-order valence-electron chi connectivity index (χ0n) is 15.9. The largest absolute Gasteiger partial charge is 0.348 e. The van der Waals surface area contributed by atoms with E-state index in [1.54, 1.807) is 11.0 Å². The van der Waals surface area contributed by atoms with Crippen LogP contribution in [0.25, 0.3) is 16.7 Å². The van der Waals surface area contributed by atoms with E-state index in [1.807, 2.05) is 38.1 Å². The molecular formula is C21H20N6O. The number of carbonyl (C=O) groups excluding carboxylic acids is 1. The molecule has 1 aromatic carbocycles. The number of carbonyl (C=O) groups is 1. The smallest absolute Gasteiger partial charge is 0.226 e. The van der Waals surface area contributed by atoms with Crippen molar-refractivity contribution in [3.63, 3.8) is 0 Å². The quantitative estimate of drug-likeness (QED) is 0.563. The maximum atomic E-state index is 12.5. The highest BCUT2D eigenvalue weighted by Gasteiger charge is 2.34. The van der Waals surface area contributed by atoms with E-state index in [9.17, 15) is 4.79 Å². The maximum Gasteiger partial charge on any atom is 0.226 e. The molecule has 0 spiro atoms. The molecular weight excluding hydrogens is 352 g/mol. The Labute approximate surface area is 161 Å². The normalized spacial score (nSPS) is 16.2. The Hall–Kier alpha value is -3.48. The Bertz CT molecular complexity index is 1240. The van der Waals surface area contributed by atoms with E-state index in [2.05, 4.69) is 28.3 Å². The van der Waals surface area contributed by atoms with Gasteiger partial charge in [0.1, 0.15) is 5.82 Å². The number of benzene rings is 1. The van der Waals surface area contributed by atoms with Gasteiger partial charge >= 0.3 is 0 Å². The minimum atomic E-state index is -0.120. The number of H-pyrrole nitrogens is 1. The molecule has 1 aliphatic heterocycles. The van der Waals surface area contributed by atoms with E-state index in [0.29, 0.717) is 18.1 Å². The summed E-state index contributed by atoms with van der Waals surface area (Å²) in [6.45, 7) is 6.00. The first-order valence-corrected chi connectivity index (χ1v) is 9.29. The van der Waals surface area contributed by atoms with Crippen molar-refractivity contribution < 1.29 is 4.79 Å². The lowest BCUT2D eigenvalue weighted by molar-refractivity contribution is -0.116. The average Bonchev–Trinajstić information content (AvgIpc) is 3.24. The van der Waals surface area contributed by atoms with Crippen molar-refractivity contribution in [2.45, 2.75) is 33.1 Å². The Balaban J connectivity index is 1.72. The Morgan fingerprint density at radius 1 is 1.18 bits per heavy atom. The van der Waals surface area contributed by atoms with Gasteiger partial charge in [0, 0.05) is 29.0 Å². The van der Waals surface area contributed by atoms with Crippen LogP contribution in [0.15, 0.2) is 36.7 Å². The summed E-state index contributed by atoms with van der Waals surface area (Å²) in [7, 11) is 0. The molecule has 0 bridgehead atoms. The van der Waals surface area contributed by atoms with Crippen molar-refractivity contribution in [3.05, 3.63) is 64.9 Å². The van der Waals surface area contributed by atoms with Gasteiger partial charge in [-0.2, -0.15) is 9.78 Å². The molecule has 28 heavy (non-hydrogen) atoms. The standard InChI is InChI=1S/C21H20N6O/c1-11-8-17(24-16-7-5-4-6-14(11)16)27-21-19(12(2)26-27)15(9-18(28)25-21)20-13(3)22-10-23-20/h4-8,10,15H,9H2,1-3H3,(H,22,23)(H,25,28). The number of para-hydroxylation sites is 1. The molecule has 5 rings (SSSR count). The summed E-state index contributed by atoms with van der Waals surface area (Å²) in [5, 5.41) is 8.86. The number of hydrogen-bond donors (Lipinski definition) is 2. The fraction of sp³-hybridized carbons (Fsp3) is 0.238. The van der Waals surface area contributed by atoms with E-state index in [0.717, 1.165) is 39.1 Å². The minimum absolute atomic E-state index is 0.0430. The number of nitrogens with zero attached hydrogens (tertiary/aromatic N) is 4. The number of nitrogens with one attached hydrogen (secondary N) is 2. The van der Waals surface area contributed by atoms with Crippen LogP contribution in [0.2, 0.25) is 0 Å². The molecule has 1 aliphatic rings. The number of pyridine rings is 1. The first kappa shape index (κ1) is 16.7. The Morgan fingerprint density at radius 2 is 2.00 bits per heavy atom.